The number of nitrogens with zero attached hydrogens (tertiary/aromatic N) is 1. The average Bonchev–Trinajstić information content (AvgIpc) is 3.77. The van der Waals surface area contributed by atoms with Gasteiger partial charge in [-0.3, -0.25) is 0 Å². The minimum Gasteiger partial charge on any atom is -0.247 e. The highest BCUT2D eigenvalue weighted by atomic mass is 14.7. The van der Waals surface area contributed by atoms with Crippen LogP contribution in [0.2, 0.25) is 0 Å². The second-order valence-corrected chi connectivity index (χ2v) is 16.2. The summed E-state index contributed by atoms with van der Waals surface area (Å²) in [7, 11) is 0. The van der Waals surface area contributed by atoms with E-state index in [9.17, 15) is 0 Å². The van der Waals surface area contributed by atoms with E-state index in [1.807, 2.05) is 0 Å². The average molecular weight is 746 g/mol. The zero-order valence-corrected chi connectivity index (χ0v) is 32.2. The van der Waals surface area contributed by atoms with Crippen molar-refractivity contribution >= 4 is 43.2 Å². The number of aromatic nitrogens is 1. The normalized spacial score (nSPS) is 13.2. The van der Waals surface area contributed by atoms with E-state index in [1.165, 1.54) is 104 Å². The van der Waals surface area contributed by atoms with Crippen LogP contribution in [-0.4, -0.2) is 4.98 Å². The molecule has 1 spiro atoms. The lowest BCUT2D eigenvalue weighted by molar-refractivity contribution is 0.795. The number of pyridine rings is 1. The summed E-state index contributed by atoms with van der Waals surface area (Å²) in [5, 5.41) is 8.59. The predicted octanol–water partition coefficient (Wildman–Crippen LogP) is 15.0. The predicted molar refractivity (Wildman–Crippen MR) is 247 cm³/mol. The minimum absolute atomic E-state index is 0.392. The molecule has 10 aromatic carbocycles. The van der Waals surface area contributed by atoms with Crippen LogP contribution in [0, 0.1) is 0 Å². The van der Waals surface area contributed by atoms with Crippen molar-refractivity contribution in [3.05, 3.63) is 235 Å². The van der Waals surface area contributed by atoms with E-state index < -0.39 is 5.41 Å². The van der Waals surface area contributed by atoms with Crippen molar-refractivity contribution in [1.29, 1.82) is 0 Å². The molecule has 2 aliphatic rings. The fourth-order valence-electron chi connectivity index (χ4n) is 10.6. The van der Waals surface area contributed by atoms with Gasteiger partial charge in [-0.25, -0.2) is 4.98 Å². The Kier molecular flexibility index (Phi) is 6.71. The molecule has 0 fully saturated rings. The van der Waals surface area contributed by atoms with Gasteiger partial charge < -0.3 is 0 Å². The van der Waals surface area contributed by atoms with Crippen LogP contribution in [0.5, 0.6) is 0 Å². The molecule has 2 aliphatic carbocycles. The second-order valence-electron chi connectivity index (χ2n) is 16.2. The Morgan fingerprint density at radius 1 is 0.271 bits per heavy atom. The van der Waals surface area contributed by atoms with E-state index in [2.05, 4.69) is 212 Å². The molecule has 0 aliphatic heterocycles. The monoisotopic (exact) mass is 745 g/mol. The standard InChI is InChI=1S/C58H35N/c1-2-12-39-31-41(26-23-36(39)11-1)44-30-29-42-32-40(27-28-43(42)33-44)37-21-24-38(25-22-37)57-51-34-50-47-15-5-9-19-54(47)58(55(50)35-49(51)48-16-6-10-20-56(48)59-57)52-17-7-3-13-45(52)46-14-4-8-18-53(46)58/h1-35H. The van der Waals surface area contributed by atoms with E-state index in [0.29, 0.717) is 0 Å². The van der Waals surface area contributed by atoms with Crippen LogP contribution in [0.15, 0.2) is 212 Å². The highest BCUT2D eigenvalue weighted by molar-refractivity contribution is 6.14. The molecule has 0 bridgehead atoms. The second kappa shape index (κ2) is 12.2. The molecule has 0 unspecified atom stereocenters. The number of para-hydroxylation sites is 1. The van der Waals surface area contributed by atoms with Gasteiger partial charge in [-0.15, -0.1) is 0 Å². The van der Waals surface area contributed by atoms with E-state index in [1.54, 1.807) is 0 Å². The van der Waals surface area contributed by atoms with Gasteiger partial charge in [0.2, 0.25) is 0 Å². The lowest BCUT2D eigenvalue weighted by Crippen LogP contribution is -2.25. The van der Waals surface area contributed by atoms with Crippen LogP contribution >= 0.6 is 0 Å². The fraction of sp³-hybridized carbons (Fsp3) is 0.0172. The first-order valence-electron chi connectivity index (χ1n) is 20.5. The SMILES string of the molecule is c1ccc2c(c1)-c1ccccc1C21c2ccccc2-c2cc3c(-c4ccc(-c5ccc6cc(-c7ccc8ccccc8c7)ccc6c5)cc4)nc4ccccc4c3cc21. The molecular formula is C58H35N. The van der Waals surface area contributed by atoms with Gasteiger partial charge in [0.25, 0.3) is 0 Å². The van der Waals surface area contributed by atoms with E-state index in [-0.39, 0.29) is 0 Å². The molecule has 0 saturated heterocycles. The molecule has 1 heteroatoms. The number of hydrogen-bond donors (Lipinski definition) is 0. The van der Waals surface area contributed by atoms with Crippen molar-refractivity contribution in [2.45, 2.75) is 5.41 Å². The molecule has 59 heavy (non-hydrogen) atoms. The third-order valence-corrected chi connectivity index (χ3v) is 13.2. The first kappa shape index (κ1) is 32.5. The zero-order chi connectivity index (χ0) is 38.7. The molecular weight excluding hydrogens is 711 g/mol. The summed E-state index contributed by atoms with van der Waals surface area (Å²) in [5.74, 6) is 0. The molecule has 272 valence electrons. The quantitative estimate of drug-likeness (QED) is 0.164. The molecule has 0 N–H and O–H groups in total. The van der Waals surface area contributed by atoms with Crippen LogP contribution in [0.25, 0.3) is 99.0 Å². The molecule has 1 aromatic heterocycles. The van der Waals surface area contributed by atoms with Crippen LogP contribution in [-0.2, 0) is 5.41 Å². The summed E-state index contributed by atoms with van der Waals surface area (Å²) in [5.41, 5.74) is 18.3. The molecule has 0 radical (unpaired) electrons. The van der Waals surface area contributed by atoms with Crippen molar-refractivity contribution in [3.63, 3.8) is 0 Å². The van der Waals surface area contributed by atoms with E-state index >= 15 is 0 Å². The Morgan fingerprint density at radius 3 is 1.37 bits per heavy atom. The fourth-order valence-corrected chi connectivity index (χ4v) is 10.6. The molecule has 0 amide bonds. The lowest BCUT2D eigenvalue weighted by atomic mass is 9.70. The van der Waals surface area contributed by atoms with Crippen LogP contribution in [0.3, 0.4) is 0 Å². The summed E-state index contributed by atoms with van der Waals surface area (Å²) in [4.78, 5) is 5.41. The number of benzene rings is 10. The van der Waals surface area contributed by atoms with Gasteiger partial charge in [-0.2, -0.15) is 0 Å². The lowest BCUT2D eigenvalue weighted by Gasteiger charge is -2.30. The Hall–Kier alpha value is -7.61. The highest BCUT2D eigenvalue weighted by Crippen LogP contribution is 2.63. The number of fused-ring (bicyclic) bond motifs is 15. The maximum Gasteiger partial charge on any atom is 0.0788 e. The van der Waals surface area contributed by atoms with Crippen molar-refractivity contribution in [3.8, 4) is 55.8 Å². The topological polar surface area (TPSA) is 12.9 Å². The largest absolute Gasteiger partial charge is 0.247 e. The molecule has 1 heterocycles. The molecule has 1 nitrogen and oxygen atoms in total. The Balaban J connectivity index is 0.942. The van der Waals surface area contributed by atoms with E-state index in [4.69, 9.17) is 4.98 Å². The third kappa shape index (κ3) is 4.59. The third-order valence-electron chi connectivity index (χ3n) is 13.2. The highest BCUT2D eigenvalue weighted by Gasteiger charge is 2.51. The van der Waals surface area contributed by atoms with Crippen LogP contribution in [0.1, 0.15) is 22.3 Å². The molecule has 0 atom stereocenters. The van der Waals surface area contributed by atoms with Crippen LogP contribution in [0.4, 0.5) is 0 Å². The van der Waals surface area contributed by atoms with Crippen molar-refractivity contribution in [2.75, 3.05) is 0 Å². The van der Waals surface area contributed by atoms with Crippen molar-refractivity contribution in [1.82, 2.24) is 4.98 Å². The maximum absolute atomic E-state index is 5.41. The Morgan fingerprint density at radius 2 is 0.729 bits per heavy atom. The Bertz CT molecular complexity index is 3510. The van der Waals surface area contributed by atoms with Crippen molar-refractivity contribution in [2.24, 2.45) is 0 Å². The van der Waals surface area contributed by atoms with Gasteiger partial charge in [-0.1, -0.05) is 176 Å². The summed E-state index contributed by atoms with van der Waals surface area (Å²) in [6.45, 7) is 0. The molecule has 13 rings (SSSR count). The Labute approximate surface area is 342 Å². The summed E-state index contributed by atoms with van der Waals surface area (Å²) >= 11 is 0. The van der Waals surface area contributed by atoms with Gasteiger partial charge in [0.05, 0.1) is 16.6 Å². The number of rotatable bonds is 3. The minimum atomic E-state index is -0.392. The van der Waals surface area contributed by atoms with E-state index in [0.717, 1.165) is 16.8 Å². The maximum atomic E-state index is 5.41. The zero-order valence-electron chi connectivity index (χ0n) is 32.2. The summed E-state index contributed by atoms with van der Waals surface area (Å²) < 4.78 is 0. The van der Waals surface area contributed by atoms with Gasteiger partial charge in [0, 0.05) is 16.3 Å². The van der Waals surface area contributed by atoms with Gasteiger partial charge in [0.1, 0.15) is 0 Å². The van der Waals surface area contributed by atoms with Crippen LogP contribution < -0.4 is 0 Å². The smallest absolute Gasteiger partial charge is 0.0788 e. The number of hydrogen-bond acceptors (Lipinski definition) is 1. The van der Waals surface area contributed by atoms with Gasteiger partial charge in [0.15, 0.2) is 0 Å². The summed E-state index contributed by atoms with van der Waals surface area (Å²) in [6, 6.07) is 78.7. The van der Waals surface area contributed by atoms with Crippen molar-refractivity contribution < 1.29 is 0 Å². The first-order valence-corrected chi connectivity index (χ1v) is 20.5. The van der Waals surface area contributed by atoms with Gasteiger partial charge >= 0.3 is 0 Å². The molecule has 0 saturated carbocycles. The molecule has 11 aromatic rings. The summed E-state index contributed by atoms with van der Waals surface area (Å²) in [6.07, 6.45) is 0. The van der Waals surface area contributed by atoms with Gasteiger partial charge in [-0.05, 0) is 130 Å². The first-order chi connectivity index (χ1) is 29.2.